The first-order valence-corrected chi connectivity index (χ1v) is 6.34. The van der Waals surface area contributed by atoms with Gasteiger partial charge >= 0.3 is 5.97 Å². The van der Waals surface area contributed by atoms with Crippen LogP contribution in [-0.2, 0) is 6.42 Å². The Labute approximate surface area is 112 Å². The van der Waals surface area contributed by atoms with E-state index in [4.69, 9.17) is 0 Å². The lowest BCUT2D eigenvalue weighted by Crippen LogP contribution is -2.06. The molecule has 2 nitrogen and oxygen atoms in total. The van der Waals surface area contributed by atoms with Crippen molar-refractivity contribution >= 4 is 12.0 Å². The zero-order chi connectivity index (χ0) is 13.2. The van der Waals surface area contributed by atoms with Crippen molar-refractivity contribution in [1.82, 2.24) is 0 Å². The molecule has 0 saturated heterocycles. The summed E-state index contributed by atoms with van der Waals surface area (Å²) in [6.45, 7) is 0. The number of allylic oxidation sites excluding steroid dienone is 1. The van der Waals surface area contributed by atoms with E-state index >= 15 is 0 Å². The van der Waals surface area contributed by atoms with Gasteiger partial charge in [-0.3, -0.25) is 0 Å². The average Bonchev–Trinajstić information content (AvgIpc) is 2.83. The summed E-state index contributed by atoms with van der Waals surface area (Å²) in [5.41, 5.74) is 3.81. The zero-order valence-electron chi connectivity index (χ0n) is 10.4. The molecule has 0 fully saturated rings. The molecule has 1 unspecified atom stereocenters. The van der Waals surface area contributed by atoms with Crippen molar-refractivity contribution in [3.8, 4) is 0 Å². The predicted molar refractivity (Wildman–Crippen MR) is 75.3 cm³/mol. The first-order chi connectivity index (χ1) is 9.25. The van der Waals surface area contributed by atoms with Crippen molar-refractivity contribution < 1.29 is 9.90 Å². The van der Waals surface area contributed by atoms with Crippen LogP contribution >= 0.6 is 0 Å². The summed E-state index contributed by atoms with van der Waals surface area (Å²) in [5, 5.41) is 9.22. The highest BCUT2D eigenvalue weighted by atomic mass is 16.4. The second kappa shape index (κ2) is 4.73. The highest BCUT2D eigenvalue weighted by Crippen LogP contribution is 2.33. The number of aromatic carboxylic acids is 1. The molecule has 1 aliphatic rings. The van der Waals surface area contributed by atoms with Gasteiger partial charge in [0, 0.05) is 5.92 Å². The molecule has 0 aromatic heterocycles. The van der Waals surface area contributed by atoms with Crippen molar-refractivity contribution in [2.24, 2.45) is 0 Å². The molecule has 1 aliphatic carbocycles. The van der Waals surface area contributed by atoms with Crippen molar-refractivity contribution in [3.05, 3.63) is 76.9 Å². The number of carbonyl (C=O) groups is 1. The summed E-state index contributed by atoms with van der Waals surface area (Å²) in [7, 11) is 0. The zero-order valence-corrected chi connectivity index (χ0v) is 10.4. The first-order valence-electron chi connectivity index (χ1n) is 6.34. The van der Waals surface area contributed by atoms with E-state index in [9.17, 15) is 9.90 Å². The fraction of sp³-hybridized carbons (Fsp3) is 0.118. The van der Waals surface area contributed by atoms with E-state index in [2.05, 4.69) is 24.3 Å². The Morgan fingerprint density at radius 1 is 1.05 bits per heavy atom. The molecule has 0 amide bonds. The molecule has 19 heavy (non-hydrogen) atoms. The van der Waals surface area contributed by atoms with E-state index < -0.39 is 5.97 Å². The van der Waals surface area contributed by atoms with Crippen LogP contribution in [-0.4, -0.2) is 11.1 Å². The van der Waals surface area contributed by atoms with Crippen LogP contribution < -0.4 is 0 Å². The summed E-state index contributed by atoms with van der Waals surface area (Å²) in [4.78, 5) is 11.2. The quantitative estimate of drug-likeness (QED) is 0.901. The topological polar surface area (TPSA) is 37.3 Å². The highest BCUT2D eigenvalue weighted by Gasteiger charge is 2.19. The lowest BCUT2D eigenvalue weighted by molar-refractivity contribution is 0.0695. The molecule has 0 heterocycles. The maximum atomic E-state index is 11.2. The minimum Gasteiger partial charge on any atom is -0.478 e. The van der Waals surface area contributed by atoms with Crippen molar-refractivity contribution in [3.63, 3.8) is 0 Å². The fourth-order valence-corrected chi connectivity index (χ4v) is 2.65. The maximum absolute atomic E-state index is 11.2. The van der Waals surface area contributed by atoms with Gasteiger partial charge in [-0.15, -0.1) is 0 Å². The normalized spacial score (nSPS) is 16.3. The molecule has 2 aromatic rings. The SMILES string of the molecule is O=C(O)c1ccccc1CC1C=Cc2ccccc21. The fourth-order valence-electron chi connectivity index (χ4n) is 2.65. The Morgan fingerprint density at radius 2 is 1.79 bits per heavy atom. The monoisotopic (exact) mass is 250 g/mol. The number of carboxylic acid groups (broad SMARTS) is 1. The molecule has 0 radical (unpaired) electrons. The Morgan fingerprint density at radius 3 is 2.63 bits per heavy atom. The number of hydrogen-bond acceptors (Lipinski definition) is 1. The number of fused-ring (bicyclic) bond motifs is 1. The van der Waals surface area contributed by atoms with Gasteiger partial charge in [0.1, 0.15) is 0 Å². The Bertz CT molecular complexity index is 656. The molecule has 0 bridgehead atoms. The van der Waals surface area contributed by atoms with Gasteiger partial charge in [0.25, 0.3) is 0 Å². The lowest BCUT2D eigenvalue weighted by atomic mass is 9.91. The van der Waals surface area contributed by atoms with Crippen molar-refractivity contribution in [2.45, 2.75) is 12.3 Å². The molecular formula is C17H14O2. The molecule has 0 spiro atoms. The third-order valence-corrected chi connectivity index (χ3v) is 3.59. The smallest absolute Gasteiger partial charge is 0.335 e. The van der Waals surface area contributed by atoms with Crippen LogP contribution in [0.3, 0.4) is 0 Å². The predicted octanol–water partition coefficient (Wildman–Crippen LogP) is 3.74. The van der Waals surface area contributed by atoms with Crippen LogP contribution in [0.15, 0.2) is 54.6 Å². The summed E-state index contributed by atoms with van der Waals surface area (Å²) >= 11 is 0. The summed E-state index contributed by atoms with van der Waals surface area (Å²) < 4.78 is 0. The third-order valence-electron chi connectivity index (χ3n) is 3.59. The van der Waals surface area contributed by atoms with E-state index in [1.165, 1.54) is 11.1 Å². The van der Waals surface area contributed by atoms with Crippen LogP contribution in [0.2, 0.25) is 0 Å². The molecule has 0 saturated carbocycles. The summed E-state index contributed by atoms with van der Waals surface area (Å²) in [5.74, 6) is -0.581. The Kier molecular flexibility index (Phi) is 2.92. The van der Waals surface area contributed by atoms with E-state index in [1.807, 2.05) is 24.3 Å². The van der Waals surface area contributed by atoms with Crippen molar-refractivity contribution in [1.29, 1.82) is 0 Å². The van der Waals surface area contributed by atoms with Crippen LogP contribution in [0.25, 0.3) is 6.08 Å². The van der Waals surface area contributed by atoms with Crippen LogP contribution in [0, 0.1) is 0 Å². The maximum Gasteiger partial charge on any atom is 0.335 e. The van der Waals surface area contributed by atoms with Gasteiger partial charge in [-0.25, -0.2) is 4.79 Å². The first kappa shape index (κ1) is 11.7. The highest BCUT2D eigenvalue weighted by molar-refractivity contribution is 5.89. The van der Waals surface area contributed by atoms with Crippen molar-refractivity contribution in [2.75, 3.05) is 0 Å². The standard InChI is InChI=1S/C17H14O2/c18-17(19)16-8-4-2-6-13(16)11-14-10-9-12-5-1-3-7-15(12)14/h1-10,14H,11H2,(H,18,19). The van der Waals surface area contributed by atoms with Gasteiger partial charge in [0.15, 0.2) is 0 Å². The second-order valence-electron chi connectivity index (χ2n) is 4.76. The second-order valence-corrected chi connectivity index (χ2v) is 4.76. The van der Waals surface area contributed by atoms with Crippen LogP contribution in [0.4, 0.5) is 0 Å². The van der Waals surface area contributed by atoms with E-state index in [0.717, 1.165) is 12.0 Å². The van der Waals surface area contributed by atoms with Gasteiger partial charge in [-0.05, 0) is 29.2 Å². The Hall–Kier alpha value is -2.35. The van der Waals surface area contributed by atoms with E-state index in [1.54, 1.807) is 12.1 Å². The molecule has 2 heteroatoms. The van der Waals surface area contributed by atoms with Crippen LogP contribution in [0.1, 0.15) is 33.0 Å². The van der Waals surface area contributed by atoms with Gasteiger partial charge in [-0.2, -0.15) is 0 Å². The largest absolute Gasteiger partial charge is 0.478 e. The molecule has 94 valence electrons. The Balaban J connectivity index is 1.92. The van der Waals surface area contributed by atoms with Gasteiger partial charge in [0.2, 0.25) is 0 Å². The molecule has 0 aliphatic heterocycles. The molecular weight excluding hydrogens is 236 g/mol. The average molecular weight is 250 g/mol. The minimum atomic E-state index is -0.856. The van der Waals surface area contributed by atoms with Crippen LogP contribution in [0.5, 0.6) is 0 Å². The lowest BCUT2D eigenvalue weighted by Gasteiger charge is -2.12. The van der Waals surface area contributed by atoms with Gasteiger partial charge in [0.05, 0.1) is 5.56 Å². The van der Waals surface area contributed by atoms with E-state index in [0.29, 0.717) is 5.56 Å². The molecule has 1 atom stereocenters. The minimum absolute atomic E-state index is 0.275. The molecule has 1 N–H and O–H groups in total. The number of rotatable bonds is 3. The number of carboxylic acids is 1. The summed E-state index contributed by atoms with van der Waals surface area (Å²) in [6, 6.07) is 15.5. The molecule has 2 aromatic carbocycles. The molecule has 3 rings (SSSR count). The number of benzene rings is 2. The van der Waals surface area contributed by atoms with Gasteiger partial charge < -0.3 is 5.11 Å². The third kappa shape index (κ3) is 2.17. The summed E-state index contributed by atoms with van der Waals surface area (Å²) in [6.07, 6.45) is 5.00. The number of hydrogen-bond donors (Lipinski definition) is 1. The van der Waals surface area contributed by atoms with E-state index in [-0.39, 0.29) is 5.92 Å². The van der Waals surface area contributed by atoms with Gasteiger partial charge in [-0.1, -0.05) is 54.6 Å².